The Morgan fingerprint density at radius 3 is 1.50 bits per heavy atom. The van der Waals surface area contributed by atoms with Crippen LogP contribution in [-0.4, -0.2) is 84.0 Å². The Kier molecular flexibility index (Phi) is 24.8. The number of guanidine groups is 2. The Hall–Kier alpha value is -4.59. The fourth-order valence-corrected chi connectivity index (χ4v) is 5.52. The van der Waals surface area contributed by atoms with Gasteiger partial charge in [-0.2, -0.15) is 13.2 Å². The monoisotopic (exact) mass is 815 g/mol. The molecule has 2 saturated carbocycles. The van der Waals surface area contributed by atoms with Crippen molar-refractivity contribution < 1.29 is 59.0 Å². The zero-order valence-electron chi connectivity index (χ0n) is 30.2. The summed E-state index contributed by atoms with van der Waals surface area (Å²) in [6, 6.07) is 6.14. The number of halogens is 3. The van der Waals surface area contributed by atoms with Crippen molar-refractivity contribution in [3.63, 3.8) is 0 Å². The van der Waals surface area contributed by atoms with Gasteiger partial charge in [0.25, 0.3) is 0 Å². The fourth-order valence-electron chi connectivity index (χ4n) is 5.52. The van der Waals surface area contributed by atoms with Crippen LogP contribution in [0.1, 0.15) is 89.0 Å². The summed E-state index contributed by atoms with van der Waals surface area (Å²) in [5, 5.41) is 15.4. The number of amides is 4. The van der Waals surface area contributed by atoms with Gasteiger partial charge in [-0.3, -0.25) is 29.2 Å². The molecule has 1 aromatic carbocycles. The van der Waals surface area contributed by atoms with E-state index in [-0.39, 0.29) is 72.9 Å². The third-order valence-corrected chi connectivity index (χ3v) is 8.32. The SMILES string of the molecule is C1CCCC1.NC(=O)[C@H](Cc1ccccc1)NC(=O)[C@H](CCCN=C(N)N)NC(=O)[C@H](CCCN=C(N)N)NC(=O)C1CCCC1.O=C(O)C(F)(F)F.[Co+2]. The largest absolute Gasteiger partial charge is 2.00 e. The molecular weight excluding hydrogens is 760 g/mol. The summed E-state index contributed by atoms with van der Waals surface area (Å²) in [7, 11) is 0. The first-order chi connectivity index (χ1) is 25.0. The number of benzene rings is 1. The van der Waals surface area contributed by atoms with E-state index in [9.17, 15) is 32.3 Å². The van der Waals surface area contributed by atoms with E-state index < -0.39 is 48.0 Å². The molecule has 20 heteroatoms. The summed E-state index contributed by atoms with van der Waals surface area (Å²) in [6.07, 6.45) is 7.25. The Labute approximate surface area is 323 Å². The predicted molar refractivity (Wildman–Crippen MR) is 194 cm³/mol. The van der Waals surface area contributed by atoms with E-state index >= 15 is 0 Å². The molecule has 0 heterocycles. The number of carbonyl (C=O) groups is 5. The molecule has 0 saturated heterocycles. The van der Waals surface area contributed by atoms with Gasteiger partial charge in [-0.15, -0.1) is 0 Å². The topological polar surface area (TPSA) is 296 Å². The van der Waals surface area contributed by atoms with Crippen molar-refractivity contribution in [3.05, 3.63) is 35.9 Å². The zero-order valence-corrected chi connectivity index (χ0v) is 31.3. The number of nitrogens with zero attached hydrogens (tertiary/aromatic N) is 2. The first-order valence-electron chi connectivity index (χ1n) is 17.7. The van der Waals surface area contributed by atoms with Gasteiger partial charge in [0, 0.05) is 25.4 Å². The number of rotatable bonds is 17. The quantitative estimate of drug-likeness (QED) is 0.0612. The van der Waals surface area contributed by atoms with Crippen LogP contribution in [0.25, 0.3) is 0 Å². The molecule has 0 spiro atoms. The molecule has 4 amide bonds. The minimum absolute atomic E-state index is 0. The van der Waals surface area contributed by atoms with Gasteiger partial charge in [-0.05, 0) is 44.1 Å². The van der Waals surface area contributed by atoms with E-state index in [0.717, 1.165) is 31.2 Å². The van der Waals surface area contributed by atoms with Gasteiger partial charge >= 0.3 is 28.9 Å². The van der Waals surface area contributed by atoms with Crippen molar-refractivity contribution in [2.24, 2.45) is 44.6 Å². The number of carboxylic acid groups (broad SMARTS) is 1. The van der Waals surface area contributed by atoms with Crippen molar-refractivity contribution in [2.75, 3.05) is 13.1 Å². The number of hydrogen-bond acceptors (Lipinski definition) is 7. The molecule has 1 radical (unpaired) electrons. The predicted octanol–water partition coefficient (Wildman–Crippen LogP) is 1.05. The Balaban J connectivity index is 0.00000183. The van der Waals surface area contributed by atoms with E-state index in [0.29, 0.717) is 12.8 Å². The average Bonchev–Trinajstić information content (AvgIpc) is 3.85. The maximum absolute atomic E-state index is 13.4. The molecular formula is C34H55CoF3N10O6+2. The summed E-state index contributed by atoms with van der Waals surface area (Å²) < 4.78 is 31.7. The van der Waals surface area contributed by atoms with Crippen LogP contribution in [0.5, 0.6) is 0 Å². The minimum atomic E-state index is -5.08. The maximum Gasteiger partial charge on any atom is 2.00 e. The van der Waals surface area contributed by atoms with E-state index in [1.54, 1.807) is 0 Å². The van der Waals surface area contributed by atoms with Crippen LogP contribution >= 0.6 is 0 Å². The molecule has 2 fully saturated rings. The third-order valence-electron chi connectivity index (χ3n) is 8.32. The van der Waals surface area contributed by atoms with Crippen LogP contribution in [0.3, 0.4) is 0 Å². The minimum Gasteiger partial charge on any atom is -0.475 e. The van der Waals surface area contributed by atoms with Crippen LogP contribution in [0.15, 0.2) is 40.3 Å². The van der Waals surface area contributed by atoms with Gasteiger partial charge < -0.3 is 49.7 Å². The van der Waals surface area contributed by atoms with Crippen LogP contribution < -0.4 is 44.6 Å². The van der Waals surface area contributed by atoms with Crippen molar-refractivity contribution >= 4 is 41.5 Å². The Morgan fingerprint density at radius 2 is 1.11 bits per heavy atom. The van der Waals surface area contributed by atoms with E-state index in [1.165, 1.54) is 32.1 Å². The number of aliphatic carboxylic acids is 1. The molecule has 54 heavy (non-hydrogen) atoms. The number of primary amides is 1. The molecule has 14 N–H and O–H groups in total. The summed E-state index contributed by atoms with van der Waals surface area (Å²) in [6.45, 7) is 0.499. The van der Waals surface area contributed by atoms with E-state index in [4.69, 9.17) is 38.6 Å². The number of nitrogens with two attached hydrogens (primary N) is 5. The van der Waals surface area contributed by atoms with Crippen LogP contribution in [0, 0.1) is 5.92 Å². The summed E-state index contributed by atoms with van der Waals surface area (Å²) in [5.41, 5.74) is 28.0. The number of nitrogens with one attached hydrogen (secondary N) is 3. The molecule has 2 aliphatic carbocycles. The Morgan fingerprint density at radius 1 is 0.704 bits per heavy atom. The molecule has 3 atom stereocenters. The van der Waals surface area contributed by atoms with Crippen molar-refractivity contribution in [2.45, 2.75) is 114 Å². The van der Waals surface area contributed by atoms with E-state index in [1.807, 2.05) is 30.3 Å². The molecule has 0 unspecified atom stereocenters. The molecule has 0 aromatic heterocycles. The number of carbonyl (C=O) groups excluding carboxylic acids is 4. The fraction of sp³-hybridized carbons (Fsp3) is 0.618. The molecule has 0 bridgehead atoms. The second-order valence-corrected chi connectivity index (χ2v) is 12.7. The number of alkyl halides is 3. The molecule has 0 aliphatic heterocycles. The van der Waals surface area contributed by atoms with Crippen LogP contribution in [-0.2, 0) is 47.2 Å². The summed E-state index contributed by atoms with van der Waals surface area (Å²) in [5.74, 6) is -5.13. The van der Waals surface area contributed by atoms with Gasteiger partial charge in [0.1, 0.15) is 18.1 Å². The maximum atomic E-state index is 13.4. The van der Waals surface area contributed by atoms with Crippen LogP contribution in [0.4, 0.5) is 13.2 Å². The molecule has 2 aliphatic rings. The van der Waals surface area contributed by atoms with Crippen molar-refractivity contribution in [1.82, 2.24) is 16.0 Å². The summed E-state index contributed by atoms with van der Waals surface area (Å²) >= 11 is 0. The summed E-state index contributed by atoms with van der Waals surface area (Å²) in [4.78, 5) is 68.6. The molecule has 305 valence electrons. The second kappa shape index (κ2) is 27.1. The molecule has 1 aromatic rings. The Bertz CT molecular complexity index is 1350. The van der Waals surface area contributed by atoms with E-state index in [2.05, 4.69) is 25.9 Å². The van der Waals surface area contributed by atoms with Crippen molar-refractivity contribution in [3.8, 4) is 0 Å². The molecule has 3 rings (SSSR count). The standard InChI is InChI=1S/C27H44N10O4.C5H10.C2HF3O2.Co/c28-22(38)21(16-17-8-2-1-3-9-17)37-25(41)20(13-7-15-34-27(31)32)36-24(40)19(12-6-14-33-26(29)30)35-23(39)18-10-4-5-11-18;1-2-4-5-3-1;3-2(4,5)1(6)7;/h1-3,8-9,18-21H,4-7,10-16H2,(H2,28,38)(H,35,39)(H,36,40)(H,37,41)(H4,29,30,33)(H4,31,32,34);1-5H2;(H,6,7);/q;;;+2/t19-,20-,21-;;;/m0.../s1. The normalized spacial score (nSPS) is 15.2. The second-order valence-electron chi connectivity index (χ2n) is 12.7. The third kappa shape index (κ3) is 22.5. The number of aliphatic imine (C=N–C) groups is 2. The van der Waals surface area contributed by atoms with Gasteiger partial charge in [-0.25, -0.2) is 4.79 Å². The van der Waals surface area contributed by atoms with Gasteiger partial charge in [0.05, 0.1) is 0 Å². The van der Waals surface area contributed by atoms with Gasteiger partial charge in [0.2, 0.25) is 23.6 Å². The number of hydrogen-bond donors (Lipinski definition) is 9. The van der Waals surface area contributed by atoms with Crippen molar-refractivity contribution in [1.29, 1.82) is 0 Å². The smallest absolute Gasteiger partial charge is 0.475 e. The zero-order chi connectivity index (χ0) is 39.8. The number of carboxylic acids is 1. The van der Waals surface area contributed by atoms with Gasteiger partial charge in [-0.1, -0.05) is 75.3 Å². The molecule has 16 nitrogen and oxygen atoms in total. The average molecular weight is 816 g/mol. The van der Waals surface area contributed by atoms with Gasteiger partial charge in [0.15, 0.2) is 11.9 Å². The first-order valence-corrected chi connectivity index (χ1v) is 17.7. The van der Waals surface area contributed by atoms with Crippen LogP contribution in [0.2, 0.25) is 0 Å². The first kappa shape index (κ1) is 49.4.